The zero-order chi connectivity index (χ0) is 49.1. The van der Waals surface area contributed by atoms with E-state index in [4.69, 9.17) is 17.0 Å². The summed E-state index contributed by atoms with van der Waals surface area (Å²) in [7, 11) is 11.0. The van der Waals surface area contributed by atoms with Gasteiger partial charge in [-0.2, -0.15) is 12.1 Å². The van der Waals surface area contributed by atoms with Crippen molar-refractivity contribution in [1.82, 2.24) is 0 Å². The third-order valence-electron chi connectivity index (χ3n) is 20.3. The molecule has 0 atom stereocenters. The van der Waals surface area contributed by atoms with E-state index in [9.17, 15) is 0 Å². The Labute approximate surface area is 457 Å². The standard InChI is InChI=1S/2C33H39.C2H6Si.2ClH.Zr/c2*1-2-4-7-23(6-3-1)14-24-18-29-8-5-9-31(32(29)19-24)28-10-12-30(13-11-28)33-20-25-15-26(21-33)17-27(16-25)22-33;1-3-2;;;/h2*5,8-13,18-19,23,25-27H,1-4,6-7,14-17,20-22H2;1-2H3;2*1H;/q2*-1;;;;+4/p-2. The summed E-state index contributed by atoms with van der Waals surface area (Å²) in [6.45, 7) is 4.31. The molecule has 10 aliphatic carbocycles. The van der Waals surface area contributed by atoms with Crippen LogP contribution in [0.1, 0.15) is 176 Å². The molecule has 0 saturated heterocycles. The molecule has 2 radical (unpaired) electrons. The fraction of sp³-hybridized carbons (Fsp3) is 0.559. The molecule has 0 heterocycles. The topological polar surface area (TPSA) is 0 Å². The molecule has 72 heavy (non-hydrogen) atoms. The summed E-state index contributed by atoms with van der Waals surface area (Å²) < 4.78 is 0. The Morgan fingerprint density at radius 3 is 1.07 bits per heavy atom. The molecule has 10 aliphatic rings. The van der Waals surface area contributed by atoms with Gasteiger partial charge in [0.15, 0.2) is 0 Å². The molecule has 10 saturated carbocycles. The molecular weight excluding hydrogens is 1010 g/mol. The van der Waals surface area contributed by atoms with Crippen molar-refractivity contribution in [2.45, 2.75) is 191 Å². The van der Waals surface area contributed by atoms with Crippen LogP contribution in [-0.4, -0.2) is 9.52 Å². The predicted octanol–water partition coefficient (Wildman–Crippen LogP) is 20.6. The average molecular weight is 1090 g/mol. The molecule has 0 aromatic heterocycles. The van der Waals surface area contributed by atoms with Gasteiger partial charge in [0.1, 0.15) is 0 Å². The van der Waals surface area contributed by atoms with Crippen molar-refractivity contribution in [3.8, 4) is 22.3 Å². The normalized spacial score (nSPS) is 29.6. The predicted molar refractivity (Wildman–Crippen MR) is 309 cm³/mol. The second kappa shape index (κ2) is 23.6. The van der Waals surface area contributed by atoms with Crippen molar-refractivity contribution < 1.29 is 20.8 Å². The van der Waals surface area contributed by atoms with E-state index < -0.39 is 20.8 Å². The van der Waals surface area contributed by atoms with Crippen LogP contribution in [0.5, 0.6) is 0 Å². The van der Waals surface area contributed by atoms with Gasteiger partial charge in [-0.05, 0) is 170 Å². The Hall–Kier alpha value is -2.22. The number of halogens is 2. The number of hydrogen-bond acceptors (Lipinski definition) is 0. The summed E-state index contributed by atoms with van der Waals surface area (Å²) >= 11 is -0.826. The van der Waals surface area contributed by atoms with Crippen molar-refractivity contribution in [2.75, 3.05) is 0 Å². The molecule has 6 aromatic carbocycles. The minimum atomic E-state index is -0.826. The van der Waals surface area contributed by atoms with Gasteiger partial charge in [0.25, 0.3) is 0 Å². The maximum Gasteiger partial charge on any atom is -0.00391 e. The van der Waals surface area contributed by atoms with E-state index in [1.165, 1.54) is 211 Å². The number of fused-ring (bicyclic) bond motifs is 2. The van der Waals surface area contributed by atoms with Crippen molar-refractivity contribution >= 4 is 48.1 Å². The second-order valence-corrected chi connectivity index (χ2v) is 30.3. The first kappa shape index (κ1) is 51.9. The Balaban J connectivity index is 0.000000141. The Morgan fingerprint density at radius 1 is 0.458 bits per heavy atom. The summed E-state index contributed by atoms with van der Waals surface area (Å²) in [6, 6.07) is 43.7. The fourth-order valence-corrected chi connectivity index (χ4v) is 18.1. The first-order valence-corrected chi connectivity index (χ1v) is 37.8. The van der Waals surface area contributed by atoms with Crippen LogP contribution < -0.4 is 0 Å². The smallest absolute Gasteiger partial charge is 0.00391 e. The van der Waals surface area contributed by atoms with Crippen molar-refractivity contribution in [3.63, 3.8) is 0 Å². The Bertz CT molecular complexity index is 2410. The summed E-state index contributed by atoms with van der Waals surface area (Å²) in [5.74, 6) is 7.88. The minimum absolute atomic E-state index is 0.505. The van der Waals surface area contributed by atoms with Crippen LogP contribution in [0.3, 0.4) is 0 Å². The van der Waals surface area contributed by atoms with Crippen LogP contribution in [0.15, 0.2) is 109 Å². The number of rotatable bonds is 8. The molecule has 0 aliphatic heterocycles. The molecule has 0 unspecified atom stereocenters. The molecule has 0 amide bonds. The van der Waals surface area contributed by atoms with Gasteiger partial charge in [0.05, 0.1) is 0 Å². The van der Waals surface area contributed by atoms with Gasteiger partial charge in [0, 0.05) is 9.52 Å². The van der Waals surface area contributed by atoms with Crippen LogP contribution in [0.4, 0.5) is 0 Å². The second-order valence-electron chi connectivity index (χ2n) is 25.6. The molecular formula is C68H84Cl2SiZr. The van der Waals surface area contributed by atoms with E-state index in [2.05, 4.69) is 122 Å². The molecule has 0 spiro atoms. The fourth-order valence-electron chi connectivity index (χ4n) is 18.1. The third kappa shape index (κ3) is 11.5. The summed E-state index contributed by atoms with van der Waals surface area (Å²) in [4.78, 5) is 0. The Morgan fingerprint density at radius 2 is 0.764 bits per heavy atom. The van der Waals surface area contributed by atoms with Crippen LogP contribution in [-0.2, 0) is 44.5 Å². The van der Waals surface area contributed by atoms with E-state index in [0.717, 1.165) is 56.9 Å². The van der Waals surface area contributed by atoms with Gasteiger partial charge >= 0.3 is 37.9 Å². The van der Waals surface area contributed by atoms with Gasteiger partial charge in [-0.1, -0.05) is 162 Å². The average Bonchev–Trinajstić information content (AvgIpc) is 3.76. The molecule has 8 bridgehead atoms. The number of hydrogen-bond donors (Lipinski definition) is 0. The van der Waals surface area contributed by atoms with E-state index in [-0.39, 0.29) is 0 Å². The molecule has 6 aromatic rings. The van der Waals surface area contributed by atoms with Crippen LogP contribution in [0.2, 0.25) is 13.1 Å². The SMILES string of the molecule is C[Si]C.[Cl][Zr+2][Cl].c1cc(-c2ccc(C34CC5CC(CC(C5)C3)C4)cc2)c2cc(CC3CCCCCC3)[cH-]c2c1.c1cc(-c2ccc(C34CC5CC(CC(C5)C3)C4)cc2)c2cc(CC3CCCCCC3)[cH-]c2c1. The van der Waals surface area contributed by atoms with Crippen molar-refractivity contribution in [1.29, 1.82) is 0 Å². The summed E-state index contributed by atoms with van der Waals surface area (Å²) in [5, 5.41) is 5.79. The van der Waals surface area contributed by atoms with Crippen LogP contribution in [0, 0.1) is 47.3 Å². The van der Waals surface area contributed by atoms with Crippen LogP contribution in [0.25, 0.3) is 43.8 Å². The molecule has 378 valence electrons. The third-order valence-corrected chi connectivity index (χ3v) is 20.3. The summed E-state index contributed by atoms with van der Waals surface area (Å²) in [5.41, 5.74) is 13.1. The quantitative estimate of drug-likeness (QED) is 0.0810. The largest absolute Gasteiger partial charge is 0.164 e. The van der Waals surface area contributed by atoms with Gasteiger partial charge in [0.2, 0.25) is 0 Å². The van der Waals surface area contributed by atoms with E-state index in [1.54, 1.807) is 22.3 Å². The minimum Gasteiger partial charge on any atom is -0.164 e. The van der Waals surface area contributed by atoms with E-state index >= 15 is 0 Å². The van der Waals surface area contributed by atoms with Crippen molar-refractivity contribution in [3.05, 3.63) is 131 Å². The molecule has 16 rings (SSSR count). The van der Waals surface area contributed by atoms with Crippen LogP contribution >= 0.6 is 17.0 Å². The molecule has 4 heteroatoms. The van der Waals surface area contributed by atoms with Gasteiger partial charge in [-0.15, -0.1) is 69.1 Å². The summed E-state index contributed by atoms with van der Waals surface area (Å²) in [6.07, 6.45) is 37.7. The first-order valence-electron chi connectivity index (χ1n) is 29.4. The maximum absolute atomic E-state index is 4.93. The number of benzene rings is 4. The zero-order valence-electron chi connectivity index (χ0n) is 44.2. The monoisotopic (exact) mass is 1090 g/mol. The molecule has 10 fully saturated rings. The van der Waals surface area contributed by atoms with E-state index in [1.807, 2.05) is 0 Å². The first-order chi connectivity index (χ1) is 35.3. The maximum atomic E-state index is 4.93. The molecule has 0 N–H and O–H groups in total. The van der Waals surface area contributed by atoms with Gasteiger partial charge < -0.3 is 0 Å². The van der Waals surface area contributed by atoms with E-state index in [0.29, 0.717) is 10.8 Å². The van der Waals surface area contributed by atoms with Gasteiger partial charge in [-0.25, -0.2) is 0 Å². The molecule has 0 nitrogen and oxygen atoms in total. The van der Waals surface area contributed by atoms with Crippen molar-refractivity contribution in [2.24, 2.45) is 47.3 Å². The zero-order valence-corrected chi connectivity index (χ0v) is 49.1. The van der Waals surface area contributed by atoms with Gasteiger partial charge in [-0.3, -0.25) is 0 Å². The Kier molecular flexibility index (Phi) is 17.0.